The molecule has 0 amide bonds. The fourth-order valence-corrected chi connectivity index (χ4v) is 1.37. The van der Waals surface area contributed by atoms with Gasteiger partial charge in [-0.15, -0.1) is 0 Å². The zero-order valence-electron chi connectivity index (χ0n) is 6.35. The van der Waals surface area contributed by atoms with Gasteiger partial charge in [0.1, 0.15) is 11.9 Å². The molecule has 0 fully saturated rings. The van der Waals surface area contributed by atoms with Crippen LogP contribution in [0.15, 0.2) is 24.3 Å². The van der Waals surface area contributed by atoms with E-state index in [4.69, 9.17) is 0 Å². The number of alkyl halides is 3. The van der Waals surface area contributed by atoms with Crippen molar-refractivity contribution in [2.45, 2.75) is 9.59 Å². The number of hydrogen-bond donors (Lipinski definition) is 1. The summed E-state index contributed by atoms with van der Waals surface area (Å²) >= 11 is 5.10. The molecule has 0 saturated carbocycles. The lowest BCUT2D eigenvalue weighted by atomic mass is 10.1. The molecule has 0 radical (unpaired) electrons. The highest BCUT2D eigenvalue weighted by Gasteiger charge is 2.34. The second-order valence-corrected chi connectivity index (χ2v) is 5.84. The summed E-state index contributed by atoms with van der Waals surface area (Å²) in [6.07, 6.45) is -1.59. The fourth-order valence-electron chi connectivity index (χ4n) is 0.873. The molecule has 1 aromatic rings. The van der Waals surface area contributed by atoms with Gasteiger partial charge in [-0.3, -0.25) is 0 Å². The minimum Gasteiger partial charge on any atom is -0.383 e. The quantitative estimate of drug-likeness (QED) is 0.831. The van der Waals surface area contributed by atoms with E-state index in [0.717, 1.165) is 6.07 Å². The number of aliphatic hydroxyl groups is 1. The third kappa shape index (κ3) is 2.72. The molecule has 0 aliphatic rings. The first kappa shape index (κ1) is 11.1. The molecule has 1 N–H and O–H groups in total. The van der Waals surface area contributed by atoms with Crippen molar-refractivity contribution in [1.82, 2.24) is 0 Å². The molecule has 0 spiro atoms. The predicted octanol–water partition coefficient (Wildman–Crippen LogP) is 3.27. The monoisotopic (exact) mass is 314 g/mol. The van der Waals surface area contributed by atoms with E-state index >= 15 is 0 Å². The summed E-state index contributed by atoms with van der Waals surface area (Å²) in [4.78, 5) is 0. The Morgan fingerprint density at radius 1 is 1.31 bits per heavy atom. The first-order valence-electron chi connectivity index (χ1n) is 3.42. The molecule has 0 bridgehead atoms. The lowest BCUT2D eigenvalue weighted by molar-refractivity contribution is 0.110. The molecule has 5 heteroatoms. The summed E-state index contributed by atoms with van der Waals surface area (Å²) < 4.78 is 23.9. The van der Waals surface area contributed by atoms with Crippen molar-refractivity contribution in [1.29, 1.82) is 0 Å². The van der Waals surface area contributed by atoms with E-state index in [1.54, 1.807) is 0 Å². The summed E-state index contributed by atoms with van der Waals surface area (Å²) in [5, 5.41) is 9.33. The van der Waals surface area contributed by atoms with Crippen LogP contribution in [-0.4, -0.2) is 8.59 Å². The van der Waals surface area contributed by atoms with Crippen LogP contribution in [0.2, 0.25) is 0 Å². The highest BCUT2D eigenvalue weighted by Crippen LogP contribution is 2.41. The Labute approximate surface area is 91.0 Å². The van der Waals surface area contributed by atoms with E-state index < -0.39 is 15.4 Å². The van der Waals surface area contributed by atoms with Gasteiger partial charge in [-0.2, -0.15) is 0 Å². The standard InChI is InChI=1S/C8H6Br2F2O/c9-8(10,12)7(13)5-3-1-2-4-6(5)11/h1-4,7,13H. The van der Waals surface area contributed by atoms with Crippen molar-refractivity contribution < 1.29 is 13.9 Å². The smallest absolute Gasteiger partial charge is 0.248 e. The Balaban J connectivity index is 3.02. The highest BCUT2D eigenvalue weighted by molar-refractivity contribution is 9.25. The minimum atomic E-state index is -2.21. The van der Waals surface area contributed by atoms with Crippen molar-refractivity contribution in [2.24, 2.45) is 0 Å². The van der Waals surface area contributed by atoms with E-state index in [2.05, 4.69) is 31.9 Å². The Bertz CT molecular complexity index is 298. The molecule has 1 nitrogen and oxygen atoms in total. The summed E-state index contributed by atoms with van der Waals surface area (Å²) in [6, 6.07) is 5.46. The van der Waals surface area contributed by atoms with Gasteiger partial charge in [0.2, 0.25) is 3.49 Å². The lowest BCUT2D eigenvalue weighted by Gasteiger charge is -2.18. The molecular weight excluding hydrogens is 310 g/mol. The van der Waals surface area contributed by atoms with Crippen LogP contribution < -0.4 is 0 Å². The number of hydrogen-bond acceptors (Lipinski definition) is 1. The molecule has 0 aliphatic carbocycles. The third-order valence-corrected chi connectivity index (χ3v) is 2.38. The van der Waals surface area contributed by atoms with Gasteiger partial charge < -0.3 is 5.11 Å². The molecule has 1 rings (SSSR count). The number of halogens is 4. The van der Waals surface area contributed by atoms with Crippen LogP contribution in [0, 0.1) is 5.82 Å². The highest BCUT2D eigenvalue weighted by atomic mass is 79.9. The van der Waals surface area contributed by atoms with Gasteiger partial charge in [0.05, 0.1) is 0 Å². The van der Waals surface area contributed by atoms with Crippen molar-refractivity contribution in [3.05, 3.63) is 35.6 Å². The first-order chi connectivity index (χ1) is 5.93. The zero-order valence-corrected chi connectivity index (χ0v) is 9.52. The van der Waals surface area contributed by atoms with Gasteiger partial charge in [0.25, 0.3) is 0 Å². The van der Waals surface area contributed by atoms with E-state index in [0.29, 0.717) is 0 Å². The molecule has 0 heterocycles. The van der Waals surface area contributed by atoms with Gasteiger partial charge >= 0.3 is 0 Å². The summed E-state index contributed by atoms with van der Waals surface area (Å²) in [7, 11) is 0. The summed E-state index contributed by atoms with van der Waals surface area (Å²) in [5.41, 5.74) is -0.0984. The summed E-state index contributed by atoms with van der Waals surface area (Å²) in [6.45, 7) is 0. The largest absolute Gasteiger partial charge is 0.383 e. The van der Waals surface area contributed by atoms with Crippen LogP contribution in [0.3, 0.4) is 0 Å². The SMILES string of the molecule is OC(c1ccccc1F)C(F)(Br)Br. The number of benzene rings is 1. The van der Waals surface area contributed by atoms with Crippen molar-refractivity contribution in [3.8, 4) is 0 Å². The molecule has 72 valence electrons. The molecule has 1 aromatic carbocycles. The van der Waals surface area contributed by atoms with E-state index in [1.807, 2.05) is 0 Å². The fraction of sp³-hybridized carbons (Fsp3) is 0.250. The Morgan fingerprint density at radius 2 is 1.85 bits per heavy atom. The molecule has 13 heavy (non-hydrogen) atoms. The van der Waals surface area contributed by atoms with E-state index in [1.165, 1.54) is 18.2 Å². The number of aliphatic hydroxyl groups excluding tert-OH is 1. The van der Waals surface area contributed by atoms with Crippen molar-refractivity contribution in [2.75, 3.05) is 0 Å². The van der Waals surface area contributed by atoms with Gasteiger partial charge in [-0.1, -0.05) is 18.2 Å². The van der Waals surface area contributed by atoms with Gasteiger partial charge in [-0.25, -0.2) is 8.78 Å². The minimum absolute atomic E-state index is 0.0984. The molecule has 0 aromatic heterocycles. The Hall–Kier alpha value is -0.000000000000000222. The maximum Gasteiger partial charge on any atom is 0.248 e. The second-order valence-electron chi connectivity index (χ2n) is 2.47. The maximum atomic E-state index is 13.1. The molecule has 0 saturated heterocycles. The van der Waals surface area contributed by atoms with Gasteiger partial charge in [0, 0.05) is 5.56 Å². The maximum absolute atomic E-state index is 13.1. The zero-order chi connectivity index (χ0) is 10.1. The first-order valence-corrected chi connectivity index (χ1v) is 5.00. The summed E-state index contributed by atoms with van der Waals surface area (Å²) in [5.74, 6) is -0.643. The van der Waals surface area contributed by atoms with Crippen molar-refractivity contribution in [3.63, 3.8) is 0 Å². The molecular formula is C8H6Br2F2O. The Morgan fingerprint density at radius 3 is 2.31 bits per heavy atom. The second kappa shape index (κ2) is 4.02. The predicted molar refractivity (Wildman–Crippen MR) is 53.1 cm³/mol. The van der Waals surface area contributed by atoms with E-state index in [9.17, 15) is 13.9 Å². The topological polar surface area (TPSA) is 20.2 Å². The van der Waals surface area contributed by atoms with Crippen LogP contribution in [-0.2, 0) is 0 Å². The van der Waals surface area contributed by atoms with Gasteiger partial charge in [-0.05, 0) is 37.9 Å². The Kier molecular flexibility index (Phi) is 3.43. The lowest BCUT2D eigenvalue weighted by Crippen LogP contribution is -2.17. The average Bonchev–Trinajstić information content (AvgIpc) is 2.02. The van der Waals surface area contributed by atoms with Crippen LogP contribution in [0.25, 0.3) is 0 Å². The van der Waals surface area contributed by atoms with Crippen LogP contribution >= 0.6 is 31.9 Å². The number of rotatable bonds is 2. The van der Waals surface area contributed by atoms with E-state index in [-0.39, 0.29) is 5.56 Å². The van der Waals surface area contributed by atoms with Gasteiger partial charge in [0.15, 0.2) is 0 Å². The van der Waals surface area contributed by atoms with Crippen molar-refractivity contribution >= 4 is 31.9 Å². The normalized spacial score (nSPS) is 14.2. The van der Waals surface area contributed by atoms with Crippen LogP contribution in [0.4, 0.5) is 8.78 Å². The molecule has 1 atom stereocenters. The molecule has 1 unspecified atom stereocenters. The van der Waals surface area contributed by atoms with Crippen LogP contribution in [0.5, 0.6) is 0 Å². The average molecular weight is 316 g/mol. The third-order valence-electron chi connectivity index (χ3n) is 1.51. The molecule has 0 aliphatic heterocycles. The van der Waals surface area contributed by atoms with Crippen LogP contribution in [0.1, 0.15) is 11.7 Å².